The van der Waals surface area contributed by atoms with Crippen LogP contribution in [0.1, 0.15) is 22.1 Å². The van der Waals surface area contributed by atoms with E-state index in [0.717, 1.165) is 5.56 Å². The summed E-state index contributed by atoms with van der Waals surface area (Å²) < 4.78 is 4.53. The van der Waals surface area contributed by atoms with Gasteiger partial charge in [-0.05, 0) is 11.6 Å². The summed E-state index contributed by atoms with van der Waals surface area (Å²) in [4.78, 5) is 14.2. The van der Waals surface area contributed by atoms with Gasteiger partial charge in [0.25, 0.3) is 0 Å². The van der Waals surface area contributed by atoms with Crippen molar-refractivity contribution in [1.29, 1.82) is 0 Å². The maximum Gasteiger partial charge on any atom is 0.394 e. The average molecular weight is 239 g/mol. The molecule has 0 aliphatic carbocycles. The quantitative estimate of drug-likeness (QED) is 0.885. The van der Waals surface area contributed by atoms with Gasteiger partial charge in [0.1, 0.15) is 0 Å². The fourth-order valence-corrected chi connectivity index (χ4v) is 1.43. The summed E-state index contributed by atoms with van der Waals surface area (Å²) in [6.45, 7) is 0. The SMILES string of the molecule is O=C(O)c1nc(Cc2ccccc2Cl)no1. The molecule has 0 fully saturated rings. The number of benzene rings is 1. The lowest BCUT2D eigenvalue weighted by atomic mass is 10.1. The lowest BCUT2D eigenvalue weighted by molar-refractivity contribution is 0.0643. The summed E-state index contributed by atoms with van der Waals surface area (Å²) >= 11 is 5.94. The highest BCUT2D eigenvalue weighted by molar-refractivity contribution is 6.31. The zero-order valence-electron chi connectivity index (χ0n) is 8.05. The second-order valence-corrected chi connectivity index (χ2v) is 3.50. The molecule has 16 heavy (non-hydrogen) atoms. The zero-order chi connectivity index (χ0) is 11.5. The highest BCUT2D eigenvalue weighted by Crippen LogP contribution is 2.17. The number of nitrogens with zero attached hydrogens (tertiary/aromatic N) is 2. The summed E-state index contributed by atoms with van der Waals surface area (Å²) in [7, 11) is 0. The molecule has 0 saturated carbocycles. The number of aromatic carboxylic acids is 1. The lowest BCUT2D eigenvalue weighted by Crippen LogP contribution is -1.97. The predicted octanol–water partition coefficient (Wildman–Crippen LogP) is 2.01. The van der Waals surface area contributed by atoms with Gasteiger partial charge in [-0.1, -0.05) is 35.0 Å². The van der Waals surface area contributed by atoms with E-state index in [9.17, 15) is 4.79 Å². The molecule has 1 heterocycles. The minimum Gasteiger partial charge on any atom is -0.474 e. The van der Waals surface area contributed by atoms with Crippen molar-refractivity contribution in [1.82, 2.24) is 10.1 Å². The molecule has 0 radical (unpaired) electrons. The molecular formula is C10H7ClN2O3. The summed E-state index contributed by atoms with van der Waals surface area (Å²) in [6, 6.07) is 7.21. The Bertz CT molecular complexity index is 524. The molecule has 0 bridgehead atoms. The third-order valence-corrected chi connectivity index (χ3v) is 2.33. The molecule has 82 valence electrons. The highest BCUT2D eigenvalue weighted by atomic mass is 35.5. The van der Waals surface area contributed by atoms with Crippen molar-refractivity contribution in [2.45, 2.75) is 6.42 Å². The molecule has 0 aliphatic rings. The van der Waals surface area contributed by atoms with Crippen LogP contribution in [-0.4, -0.2) is 21.2 Å². The Balaban J connectivity index is 2.21. The smallest absolute Gasteiger partial charge is 0.394 e. The van der Waals surface area contributed by atoms with Crippen LogP contribution in [0.4, 0.5) is 0 Å². The van der Waals surface area contributed by atoms with Crippen LogP contribution in [0.3, 0.4) is 0 Å². The Labute approximate surface area is 95.7 Å². The summed E-state index contributed by atoms with van der Waals surface area (Å²) in [5, 5.41) is 12.7. The van der Waals surface area contributed by atoms with Crippen molar-refractivity contribution in [3.63, 3.8) is 0 Å². The number of hydrogen-bond acceptors (Lipinski definition) is 4. The van der Waals surface area contributed by atoms with E-state index in [1.807, 2.05) is 18.2 Å². The molecule has 1 aromatic carbocycles. The van der Waals surface area contributed by atoms with Crippen LogP contribution in [0.25, 0.3) is 0 Å². The maximum atomic E-state index is 10.5. The molecule has 0 saturated heterocycles. The van der Waals surface area contributed by atoms with E-state index < -0.39 is 11.9 Å². The van der Waals surface area contributed by atoms with E-state index in [0.29, 0.717) is 17.3 Å². The number of aromatic nitrogens is 2. The fraction of sp³-hybridized carbons (Fsp3) is 0.100. The van der Waals surface area contributed by atoms with Crippen LogP contribution in [-0.2, 0) is 6.42 Å². The molecule has 0 amide bonds. The van der Waals surface area contributed by atoms with Crippen molar-refractivity contribution in [3.05, 3.63) is 46.6 Å². The molecule has 2 aromatic rings. The van der Waals surface area contributed by atoms with Crippen molar-refractivity contribution in [2.24, 2.45) is 0 Å². The van der Waals surface area contributed by atoms with Gasteiger partial charge in [0.05, 0.1) is 0 Å². The third kappa shape index (κ3) is 2.20. The van der Waals surface area contributed by atoms with Gasteiger partial charge in [0, 0.05) is 11.4 Å². The maximum absolute atomic E-state index is 10.5. The zero-order valence-corrected chi connectivity index (χ0v) is 8.81. The number of carbonyl (C=O) groups is 1. The monoisotopic (exact) mass is 238 g/mol. The molecule has 0 unspecified atom stereocenters. The molecule has 0 atom stereocenters. The number of rotatable bonds is 3. The van der Waals surface area contributed by atoms with Gasteiger partial charge in [0.15, 0.2) is 5.82 Å². The van der Waals surface area contributed by atoms with E-state index in [1.165, 1.54) is 0 Å². The molecule has 6 heteroatoms. The van der Waals surface area contributed by atoms with Crippen LogP contribution in [0.15, 0.2) is 28.8 Å². The molecular weight excluding hydrogens is 232 g/mol. The third-order valence-electron chi connectivity index (χ3n) is 1.96. The molecule has 5 nitrogen and oxygen atoms in total. The predicted molar refractivity (Wildman–Crippen MR) is 55.5 cm³/mol. The first-order valence-corrected chi connectivity index (χ1v) is 4.84. The molecule has 0 spiro atoms. The van der Waals surface area contributed by atoms with Gasteiger partial charge < -0.3 is 9.63 Å². The molecule has 1 aromatic heterocycles. The largest absolute Gasteiger partial charge is 0.474 e. The van der Waals surface area contributed by atoms with E-state index in [1.54, 1.807) is 6.07 Å². The first kappa shape index (κ1) is 10.6. The second-order valence-electron chi connectivity index (χ2n) is 3.09. The van der Waals surface area contributed by atoms with Gasteiger partial charge in [-0.2, -0.15) is 4.98 Å². The fourth-order valence-electron chi connectivity index (χ4n) is 1.22. The minimum absolute atomic E-state index is 0.297. The molecule has 2 rings (SSSR count). The Kier molecular flexibility index (Phi) is 2.87. The minimum atomic E-state index is -1.24. The van der Waals surface area contributed by atoms with E-state index in [2.05, 4.69) is 14.7 Å². The first-order valence-electron chi connectivity index (χ1n) is 4.46. The normalized spacial score (nSPS) is 10.3. The van der Waals surface area contributed by atoms with Crippen molar-refractivity contribution < 1.29 is 14.4 Å². The van der Waals surface area contributed by atoms with Gasteiger partial charge in [-0.25, -0.2) is 4.79 Å². The van der Waals surface area contributed by atoms with Crippen LogP contribution in [0.5, 0.6) is 0 Å². The van der Waals surface area contributed by atoms with Crippen molar-refractivity contribution in [3.8, 4) is 0 Å². The van der Waals surface area contributed by atoms with Gasteiger partial charge in [0.2, 0.25) is 0 Å². The van der Waals surface area contributed by atoms with Crippen LogP contribution < -0.4 is 0 Å². The summed E-state index contributed by atoms with van der Waals surface area (Å²) in [5.41, 5.74) is 0.821. The number of carboxylic acid groups (broad SMARTS) is 1. The number of halogens is 1. The van der Waals surface area contributed by atoms with E-state index >= 15 is 0 Å². The van der Waals surface area contributed by atoms with Crippen LogP contribution in [0.2, 0.25) is 5.02 Å². The van der Waals surface area contributed by atoms with Gasteiger partial charge in [-0.15, -0.1) is 0 Å². The molecule has 1 N–H and O–H groups in total. The van der Waals surface area contributed by atoms with Crippen LogP contribution >= 0.6 is 11.6 Å². The van der Waals surface area contributed by atoms with Gasteiger partial charge >= 0.3 is 11.9 Å². The van der Waals surface area contributed by atoms with Crippen LogP contribution in [0, 0.1) is 0 Å². The molecule has 0 aliphatic heterocycles. The highest BCUT2D eigenvalue weighted by Gasteiger charge is 2.13. The summed E-state index contributed by atoms with van der Waals surface area (Å²) in [5.74, 6) is -1.36. The Morgan fingerprint density at radius 1 is 1.44 bits per heavy atom. The Morgan fingerprint density at radius 2 is 2.19 bits per heavy atom. The number of hydrogen-bond donors (Lipinski definition) is 1. The topological polar surface area (TPSA) is 76.2 Å². The standard InChI is InChI=1S/C10H7ClN2O3/c11-7-4-2-1-3-6(7)5-8-12-9(10(14)15)16-13-8/h1-4H,5H2,(H,14,15). The Morgan fingerprint density at radius 3 is 2.81 bits per heavy atom. The van der Waals surface area contributed by atoms with Crippen molar-refractivity contribution in [2.75, 3.05) is 0 Å². The van der Waals surface area contributed by atoms with E-state index in [-0.39, 0.29) is 0 Å². The van der Waals surface area contributed by atoms with Gasteiger partial charge in [-0.3, -0.25) is 0 Å². The number of carboxylic acids is 1. The summed E-state index contributed by atoms with van der Waals surface area (Å²) in [6.07, 6.45) is 0.344. The average Bonchev–Trinajstić information content (AvgIpc) is 2.70. The van der Waals surface area contributed by atoms with E-state index in [4.69, 9.17) is 16.7 Å². The first-order chi connectivity index (χ1) is 7.66. The lowest BCUT2D eigenvalue weighted by Gasteiger charge is -1.98. The Hall–Kier alpha value is -1.88. The second kappa shape index (κ2) is 4.32. The van der Waals surface area contributed by atoms with Crippen molar-refractivity contribution >= 4 is 17.6 Å².